The summed E-state index contributed by atoms with van der Waals surface area (Å²) < 4.78 is 6.86. The fourth-order valence-corrected chi connectivity index (χ4v) is 4.25. The summed E-state index contributed by atoms with van der Waals surface area (Å²) in [4.78, 5) is 32.4. The number of thiophene rings is 1. The molecule has 0 bridgehead atoms. The molecule has 4 rings (SSSR count). The number of rotatable bonds is 3. The van der Waals surface area contributed by atoms with E-state index in [0.29, 0.717) is 34.9 Å². The number of morpholine rings is 1. The summed E-state index contributed by atoms with van der Waals surface area (Å²) in [5.74, 6) is -0.100. The van der Waals surface area contributed by atoms with Crippen molar-refractivity contribution in [3.63, 3.8) is 0 Å². The normalized spacial score (nSPS) is 17.4. The third-order valence-corrected chi connectivity index (χ3v) is 5.75. The van der Waals surface area contributed by atoms with Gasteiger partial charge in [-0.3, -0.25) is 14.2 Å². The first-order valence-electron chi connectivity index (χ1n) is 8.65. The van der Waals surface area contributed by atoms with Crippen molar-refractivity contribution in [3.8, 4) is 11.1 Å². The highest BCUT2D eigenvalue weighted by molar-refractivity contribution is 7.17. The molecule has 3 heterocycles. The van der Waals surface area contributed by atoms with Crippen LogP contribution in [0.3, 0.4) is 0 Å². The maximum Gasteiger partial charge on any atom is 0.263 e. The van der Waals surface area contributed by atoms with Crippen LogP contribution in [0, 0.1) is 0 Å². The first-order valence-corrected chi connectivity index (χ1v) is 9.90. The number of fused-ring (bicyclic) bond motifs is 1. The fraction of sp³-hybridized carbons (Fsp3) is 0.316. The summed E-state index contributed by atoms with van der Waals surface area (Å²) >= 11 is 7.38. The van der Waals surface area contributed by atoms with Crippen molar-refractivity contribution < 1.29 is 9.53 Å². The molecule has 0 spiro atoms. The van der Waals surface area contributed by atoms with Gasteiger partial charge in [0.25, 0.3) is 5.56 Å². The number of carbonyl (C=O) groups is 1. The van der Waals surface area contributed by atoms with Gasteiger partial charge in [0.1, 0.15) is 11.4 Å². The van der Waals surface area contributed by atoms with Crippen molar-refractivity contribution in [2.75, 3.05) is 19.7 Å². The summed E-state index contributed by atoms with van der Waals surface area (Å²) in [7, 11) is 0. The molecule has 140 valence electrons. The largest absolute Gasteiger partial charge is 0.375 e. The van der Waals surface area contributed by atoms with Gasteiger partial charge in [-0.25, -0.2) is 4.98 Å². The summed E-state index contributed by atoms with van der Waals surface area (Å²) in [6, 6.07) is 7.33. The number of ether oxygens (including phenoxy) is 1. The lowest BCUT2D eigenvalue weighted by molar-refractivity contribution is -0.138. The van der Waals surface area contributed by atoms with Gasteiger partial charge in [0.05, 0.1) is 24.4 Å². The van der Waals surface area contributed by atoms with Crippen LogP contribution in [0.15, 0.2) is 40.8 Å². The van der Waals surface area contributed by atoms with Crippen LogP contribution in [0.25, 0.3) is 21.3 Å². The predicted molar refractivity (Wildman–Crippen MR) is 106 cm³/mol. The molecule has 1 atom stereocenters. The van der Waals surface area contributed by atoms with E-state index in [2.05, 4.69) is 4.98 Å². The maximum atomic E-state index is 13.0. The van der Waals surface area contributed by atoms with E-state index >= 15 is 0 Å². The van der Waals surface area contributed by atoms with E-state index in [0.717, 1.165) is 11.1 Å². The van der Waals surface area contributed by atoms with Gasteiger partial charge in [0.15, 0.2) is 0 Å². The van der Waals surface area contributed by atoms with Crippen molar-refractivity contribution in [2.24, 2.45) is 0 Å². The second kappa shape index (κ2) is 7.42. The summed E-state index contributed by atoms with van der Waals surface area (Å²) in [5.41, 5.74) is 1.50. The minimum Gasteiger partial charge on any atom is -0.375 e. The van der Waals surface area contributed by atoms with Crippen LogP contribution in [0.1, 0.15) is 6.92 Å². The molecule has 1 aromatic carbocycles. The van der Waals surface area contributed by atoms with Gasteiger partial charge in [-0.1, -0.05) is 23.7 Å². The van der Waals surface area contributed by atoms with Crippen molar-refractivity contribution in [3.05, 3.63) is 51.3 Å². The molecule has 1 fully saturated rings. The first kappa shape index (κ1) is 18.2. The van der Waals surface area contributed by atoms with Gasteiger partial charge >= 0.3 is 0 Å². The van der Waals surface area contributed by atoms with E-state index in [1.54, 1.807) is 17.0 Å². The monoisotopic (exact) mass is 403 g/mol. The molecule has 3 aromatic rings. The van der Waals surface area contributed by atoms with Crippen LogP contribution in [-0.4, -0.2) is 46.2 Å². The van der Waals surface area contributed by atoms with E-state index in [1.807, 2.05) is 24.4 Å². The Morgan fingerprint density at radius 1 is 1.37 bits per heavy atom. The van der Waals surface area contributed by atoms with Crippen molar-refractivity contribution in [2.45, 2.75) is 19.6 Å². The molecule has 27 heavy (non-hydrogen) atoms. The lowest BCUT2D eigenvalue weighted by atomic mass is 10.1. The standard InChI is InChI=1S/C19H18ClN3O3S/c1-12-8-22(6-7-26-12)16(24)9-23-11-21-18-17(19(23)25)15(10-27-18)13-2-4-14(20)5-3-13/h2-5,10-12H,6-9H2,1H3. The second-order valence-electron chi connectivity index (χ2n) is 6.54. The van der Waals surface area contributed by atoms with Crippen LogP contribution >= 0.6 is 22.9 Å². The van der Waals surface area contributed by atoms with Crippen molar-refractivity contribution in [1.29, 1.82) is 0 Å². The second-order valence-corrected chi connectivity index (χ2v) is 7.83. The Morgan fingerprint density at radius 2 is 2.15 bits per heavy atom. The Hall–Kier alpha value is -2.22. The van der Waals surface area contributed by atoms with Gasteiger partial charge in [-0.15, -0.1) is 11.3 Å². The predicted octanol–water partition coefficient (Wildman–Crippen LogP) is 3.03. The Balaban J connectivity index is 1.67. The minimum atomic E-state index is -0.208. The van der Waals surface area contributed by atoms with Gasteiger partial charge in [-0.2, -0.15) is 0 Å². The molecule has 1 amide bonds. The smallest absolute Gasteiger partial charge is 0.263 e. The Bertz CT molecular complexity index is 1040. The van der Waals surface area contributed by atoms with Crippen molar-refractivity contribution >= 4 is 39.1 Å². The SMILES string of the molecule is CC1CN(C(=O)Cn2cnc3scc(-c4ccc(Cl)cc4)c3c2=O)CCO1. The van der Waals surface area contributed by atoms with E-state index in [4.69, 9.17) is 16.3 Å². The Morgan fingerprint density at radius 3 is 2.89 bits per heavy atom. The van der Waals surface area contributed by atoms with E-state index < -0.39 is 0 Å². The van der Waals surface area contributed by atoms with E-state index in [1.165, 1.54) is 22.2 Å². The van der Waals surface area contributed by atoms with Gasteiger partial charge < -0.3 is 9.64 Å². The highest BCUT2D eigenvalue weighted by Crippen LogP contribution is 2.31. The molecule has 2 aromatic heterocycles. The molecule has 0 radical (unpaired) electrons. The molecule has 6 nitrogen and oxygen atoms in total. The highest BCUT2D eigenvalue weighted by Gasteiger charge is 2.22. The topological polar surface area (TPSA) is 64.4 Å². The van der Waals surface area contributed by atoms with Crippen LogP contribution in [0.5, 0.6) is 0 Å². The third kappa shape index (κ3) is 3.63. The number of hydrogen-bond donors (Lipinski definition) is 0. The summed E-state index contributed by atoms with van der Waals surface area (Å²) in [6.07, 6.45) is 1.46. The molecule has 8 heteroatoms. The highest BCUT2D eigenvalue weighted by atomic mass is 35.5. The zero-order valence-corrected chi connectivity index (χ0v) is 16.3. The fourth-order valence-electron chi connectivity index (χ4n) is 3.21. The summed E-state index contributed by atoms with van der Waals surface area (Å²) in [5, 5.41) is 3.09. The molecule has 0 N–H and O–H groups in total. The molecule has 1 aliphatic heterocycles. The van der Waals surface area contributed by atoms with Crippen molar-refractivity contribution in [1.82, 2.24) is 14.5 Å². The van der Waals surface area contributed by atoms with Crippen LogP contribution in [-0.2, 0) is 16.1 Å². The number of nitrogens with zero attached hydrogens (tertiary/aromatic N) is 3. The number of hydrogen-bond acceptors (Lipinski definition) is 5. The molecule has 0 aliphatic carbocycles. The van der Waals surface area contributed by atoms with Crippen LogP contribution < -0.4 is 5.56 Å². The van der Waals surface area contributed by atoms with Gasteiger partial charge in [0, 0.05) is 29.1 Å². The van der Waals surface area contributed by atoms with E-state index in [-0.39, 0.29) is 24.1 Å². The number of benzene rings is 1. The maximum absolute atomic E-state index is 13.0. The van der Waals surface area contributed by atoms with Crippen LogP contribution in [0.2, 0.25) is 5.02 Å². The summed E-state index contributed by atoms with van der Waals surface area (Å²) in [6.45, 7) is 3.51. The zero-order chi connectivity index (χ0) is 19.0. The lowest BCUT2D eigenvalue weighted by Crippen LogP contribution is -2.46. The lowest BCUT2D eigenvalue weighted by Gasteiger charge is -2.31. The quantitative estimate of drug-likeness (QED) is 0.674. The third-order valence-electron chi connectivity index (χ3n) is 4.62. The van der Waals surface area contributed by atoms with Gasteiger partial charge in [-0.05, 0) is 24.6 Å². The molecular weight excluding hydrogens is 386 g/mol. The average Bonchev–Trinajstić information content (AvgIpc) is 3.09. The number of carbonyl (C=O) groups excluding carboxylic acids is 1. The molecule has 1 saturated heterocycles. The minimum absolute atomic E-state index is 0.00779. The molecule has 1 aliphatic rings. The average molecular weight is 404 g/mol. The number of amides is 1. The molecule has 1 unspecified atom stereocenters. The Kier molecular flexibility index (Phi) is 4.99. The zero-order valence-electron chi connectivity index (χ0n) is 14.7. The van der Waals surface area contributed by atoms with Gasteiger partial charge in [0.2, 0.25) is 5.91 Å². The number of aromatic nitrogens is 2. The van der Waals surface area contributed by atoms with Crippen LogP contribution in [0.4, 0.5) is 0 Å². The molecule has 0 saturated carbocycles. The Labute approximate surface area is 165 Å². The first-order chi connectivity index (χ1) is 13.0. The van der Waals surface area contributed by atoms with E-state index in [9.17, 15) is 9.59 Å². The molecular formula is C19H18ClN3O3S. The number of halogens is 1.